The molecule has 2 aromatic rings. The van der Waals surface area contributed by atoms with Crippen molar-refractivity contribution in [3.63, 3.8) is 0 Å². The number of primary amides is 1. The molecule has 0 spiro atoms. The Hall–Kier alpha value is -1.92. The third-order valence-corrected chi connectivity index (χ3v) is 1.98. The van der Waals surface area contributed by atoms with Gasteiger partial charge in [-0.2, -0.15) is 5.48 Å². The molecule has 0 aliphatic heterocycles. The largest absolute Gasteiger partial charge is 0.368 e. The number of hydrogen-bond acceptors (Lipinski definition) is 4. The van der Waals surface area contributed by atoms with Crippen LogP contribution in [0.2, 0.25) is 0 Å². The van der Waals surface area contributed by atoms with E-state index < -0.39 is 5.91 Å². The Morgan fingerprint density at radius 1 is 1.56 bits per heavy atom. The maximum atomic E-state index is 10.4. The van der Waals surface area contributed by atoms with E-state index in [2.05, 4.69) is 10.5 Å². The summed E-state index contributed by atoms with van der Waals surface area (Å²) in [5.74, 6) is -0.512. The number of carbonyl (C=O) groups is 1. The number of imidazole rings is 1. The number of aromatic nitrogens is 2. The molecule has 0 unspecified atom stereocenters. The number of hydroxylamine groups is 1. The number of fused-ring (bicyclic) bond motifs is 1. The monoisotopic (exact) mass is 220 g/mol. The van der Waals surface area contributed by atoms with E-state index in [1.54, 1.807) is 0 Å². The first-order valence-electron chi connectivity index (χ1n) is 4.81. The first-order valence-corrected chi connectivity index (χ1v) is 4.81. The molecule has 16 heavy (non-hydrogen) atoms. The molecule has 6 nitrogen and oxygen atoms in total. The van der Waals surface area contributed by atoms with E-state index in [-0.39, 0.29) is 6.61 Å². The standard InChI is InChI=1S/C10H12N4O2/c11-9(15)7-16-12-5-8-6-14-4-2-1-3-10(14)13-8/h1-4,6,12H,5,7H2,(H2,11,15). The van der Waals surface area contributed by atoms with Crippen LogP contribution in [0.5, 0.6) is 0 Å². The van der Waals surface area contributed by atoms with Gasteiger partial charge in [0.15, 0.2) is 0 Å². The lowest BCUT2D eigenvalue weighted by atomic mass is 10.5. The number of pyridine rings is 1. The van der Waals surface area contributed by atoms with Crippen molar-refractivity contribution in [2.75, 3.05) is 6.61 Å². The molecule has 84 valence electrons. The van der Waals surface area contributed by atoms with E-state index in [4.69, 9.17) is 10.6 Å². The molecule has 2 aromatic heterocycles. The van der Waals surface area contributed by atoms with E-state index in [1.165, 1.54) is 0 Å². The van der Waals surface area contributed by atoms with Crippen molar-refractivity contribution < 1.29 is 9.63 Å². The Bertz CT molecular complexity index is 461. The third kappa shape index (κ3) is 2.56. The average Bonchev–Trinajstić information content (AvgIpc) is 2.66. The molecule has 6 heteroatoms. The van der Waals surface area contributed by atoms with Crippen molar-refractivity contribution in [3.05, 3.63) is 36.3 Å². The maximum Gasteiger partial charge on any atom is 0.245 e. The highest BCUT2D eigenvalue weighted by atomic mass is 16.6. The summed E-state index contributed by atoms with van der Waals surface area (Å²) in [4.78, 5) is 19.5. The zero-order chi connectivity index (χ0) is 11.4. The number of rotatable bonds is 5. The number of nitrogens with two attached hydrogens (primary N) is 1. The van der Waals surface area contributed by atoms with Gasteiger partial charge >= 0.3 is 0 Å². The fourth-order valence-corrected chi connectivity index (χ4v) is 1.32. The van der Waals surface area contributed by atoms with Crippen LogP contribution in [0.3, 0.4) is 0 Å². The summed E-state index contributed by atoms with van der Waals surface area (Å²) < 4.78 is 1.91. The van der Waals surface area contributed by atoms with Crippen molar-refractivity contribution in [1.82, 2.24) is 14.9 Å². The summed E-state index contributed by atoms with van der Waals surface area (Å²) in [6.45, 7) is 0.280. The van der Waals surface area contributed by atoms with Gasteiger partial charge in [-0.3, -0.25) is 9.63 Å². The van der Waals surface area contributed by atoms with E-state index >= 15 is 0 Å². The predicted molar refractivity (Wildman–Crippen MR) is 57.2 cm³/mol. The number of amides is 1. The Morgan fingerprint density at radius 2 is 2.44 bits per heavy atom. The summed E-state index contributed by atoms with van der Waals surface area (Å²) in [6.07, 6.45) is 3.80. The first kappa shape index (κ1) is 10.6. The van der Waals surface area contributed by atoms with Crippen molar-refractivity contribution >= 4 is 11.6 Å². The van der Waals surface area contributed by atoms with Crippen LogP contribution >= 0.6 is 0 Å². The highest BCUT2D eigenvalue weighted by molar-refractivity contribution is 5.74. The Kier molecular flexibility index (Phi) is 3.13. The molecular formula is C10H12N4O2. The van der Waals surface area contributed by atoms with Crippen LogP contribution < -0.4 is 11.2 Å². The molecule has 0 saturated heterocycles. The van der Waals surface area contributed by atoms with Gasteiger partial charge in [-0.25, -0.2) is 4.98 Å². The molecule has 0 fully saturated rings. The Balaban J connectivity index is 1.92. The van der Waals surface area contributed by atoms with Crippen LogP contribution in [0, 0.1) is 0 Å². The second-order valence-corrected chi connectivity index (χ2v) is 3.27. The van der Waals surface area contributed by atoms with E-state index in [9.17, 15) is 4.79 Å². The molecule has 2 rings (SSSR count). The summed E-state index contributed by atoms with van der Waals surface area (Å²) in [5, 5.41) is 0. The lowest BCUT2D eigenvalue weighted by molar-refractivity contribution is -0.125. The van der Waals surface area contributed by atoms with Crippen molar-refractivity contribution in [3.8, 4) is 0 Å². The fraction of sp³-hybridized carbons (Fsp3) is 0.200. The molecule has 0 aromatic carbocycles. The van der Waals surface area contributed by atoms with Crippen LogP contribution in [0.4, 0.5) is 0 Å². The molecule has 0 radical (unpaired) electrons. The fourth-order valence-electron chi connectivity index (χ4n) is 1.32. The highest BCUT2D eigenvalue weighted by Crippen LogP contribution is 2.03. The van der Waals surface area contributed by atoms with Gasteiger partial charge in [0.25, 0.3) is 0 Å². The predicted octanol–water partition coefficient (Wildman–Crippen LogP) is -0.159. The zero-order valence-corrected chi connectivity index (χ0v) is 8.59. The smallest absolute Gasteiger partial charge is 0.245 e. The second-order valence-electron chi connectivity index (χ2n) is 3.27. The van der Waals surface area contributed by atoms with Crippen LogP contribution in [0.15, 0.2) is 30.6 Å². The summed E-state index contributed by atoms with van der Waals surface area (Å²) in [7, 11) is 0. The Labute approximate surface area is 92.0 Å². The van der Waals surface area contributed by atoms with Gasteiger partial charge in [0.2, 0.25) is 5.91 Å². The van der Waals surface area contributed by atoms with Gasteiger partial charge in [-0.15, -0.1) is 0 Å². The van der Waals surface area contributed by atoms with Gasteiger partial charge < -0.3 is 10.1 Å². The molecular weight excluding hydrogens is 208 g/mol. The molecule has 0 aliphatic carbocycles. The van der Waals surface area contributed by atoms with Crippen molar-refractivity contribution in [1.29, 1.82) is 0 Å². The number of nitrogens with zero attached hydrogens (tertiary/aromatic N) is 2. The summed E-state index contributed by atoms with van der Waals surface area (Å²) >= 11 is 0. The number of carbonyl (C=O) groups excluding carboxylic acids is 1. The van der Waals surface area contributed by atoms with Crippen LogP contribution in [0.1, 0.15) is 5.69 Å². The lowest BCUT2D eigenvalue weighted by Gasteiger charge is -2.00. The zero-order valence-electron chi connectivity index (χ0n) is 8.59. The first-order chi connectivity index (χ1) is 7.75. The summed E-state index contributed by atoms with van der Waals surface area (Å²) in [5.41, 5.74) is 9.23. The van der Waals surface area contributed by atoms with Gasteiger partial charge in [-0.05, 0) is 12.1 Å². The van der Waals surface area contributed by atoms with Crippen LogP contribution in [-0.2, 0) is 16.2 Å². The van der Waals surface area contributed by atoms with Crippen molar-refractivity contribution in [2.24, 2.45) is 5.73 Å². The average molecular weight is 220 g/mol. The Morgan fingerprint density at radius 3 is 3.19 bits per heavy atom. The minimum absolute atomic E-state index is 0.145. The third-order valence-electron chi connectivity index (χ3n) is 1.98. The van der Waals surface area contributed by atoms with E-state index in [1.807, 2.05) is 35.0 Å². The van der Waals surface area contributed by atoms with Gasteiger partial charge in [0, 0.05) is 12.4 Å². The van der Waals surface area contributed by atoms with E-state index in [0.717, 1.165) is 11.3 Å². The molecule has 1 amide bonds. The quantitative estimate of drug-likeness (QED) is 0.542. The maximum absolute atomic E-state index is 10.4. The van der Waals surface area contributed by atoms with Gasteiger partial charge in [-0.1, -0.05) is 6.07 Å². The number of nitrogens with one attached hydrogen (secondary N) is 1. The second kappa shape index (κ2) is 4.73. The molecule has 3 N–H and O–H groups in total. The van der Waals surface area contributed by atoms with Gasteiger partial charge in [0.05, 0.1) is 12.2 Å². The molecule has 0 aliphatic rings. The minimum atomic E-state index is -0.512. The SMILES string of the molecule is NC(=O)CONCc1cn2ccccc2n1. The summed E-state index contributed by atoms with van der Waals surface area (Å²) in [6, 6.07) is 5.76. The molecule has 2 heterocycles. The van der Waals surface area contributed by atoms with Crippen LogP contribution in [0.25, 0.3) is 5.65 Å². The number of hydrogen-bond donors (Lipinski definition) is 2. The van der Waals surface area contributed by atoms with E-state index in [0.29, 0.717) is 6.54 Å². The van der Waals surface area contributed by atoms with Crippen LogP contribution in [-0.4, -0.2) is 21.9 Å². The van der Waals surface area contributed by atoms with Gasteiger partial charge in [0.1, 0.15) is 12.3 Å². The molecule has 0 bridgehead atoms. The molecule has 0 atom stereocenters. The normalized spacial score (nSPS) is 10.8. The highest BCUT2D eigenvalue weighted by Gasteiger charge is 2.00. The topological polar surface area (TPSA) is 81.7 Å². The minimum Gasteiger partial charge on any atom is -0.368 e. The van der Waals surface area contributed by atoms with Crippen molar-refractivity contribution in [2.45, 2.75) is 6.54 Å². The lowest BCUT2D eigenvalue weighted by Crippen LogP contribution is -2.24. The molecule has 0 saturated carbocycles.